The fraction of sp³-hybridized carbons (Fsp3) is 0.368. The number of hydrogen-bond donors (Lipinski definition) is 2. The van der Waals surface area contributed by atoms with Crippen LogP contribution in [-0.2, 0) is 6.61 Å². The first kappa shape index (κ1) is 14.3. The van der Waals surface area contributed by atoms with Crippen molar-refractivity contribution in [3.05, 3.63) is 59.2 Å². The smallest absolute Gasteiger partial charge is 0.0818 e. The van der Waals surface area contributed by atoms with E-state index in [1.807, 2.05) is 37.3 Å². The third-order valence-corrected chi connectivity index (χ3v) is 4.59. The highest BCUT2D eigenvalue weighted by Crippen LogP contribution is 2.38. The molecule has 2 aromatic rings. The van der Waals surface area contributed by atoms with Crippen LogP contribution in [0, 0.1) is 12.8 Å². The summed E-state index contributed by atoms with van der Waals surface area (Å²) in [4.78, 5) is 0. The molecule has 0 aliphatic heterocycles. The Balaban J connectivity index is 1.86. The lowest BCUT2D eigenvalue weighted by Crippen LogP contribution is -2.19. The van der Waals surface area contributed by atoms with Crippen LogP contribution in [0.4, 0.5) is 0 Å². The molecule has 21 heavy (non-hydrogen) atoms. The van der Waals surface area contributed by atoms with Crippen LogP contribution < -0.4 is 0 Å². The van der Waals surface area contributed by atoms with E-state index >= 15 is 0 Å². The second-order valence-electron chi connectivity index (χ2n) is 6.08. The van der Waals surface area contributed by atoms with Gasteiger partial charge in [0.15, 0.2) is 0 Å². The van der Waals surface area contributed by atoms with Gasteiger partial charge in [-0.1, -0.05) is 54.4 Å². The molecular weight excluding hydrogens is 260 g/mol. The molecule has 1 atom stereocenters. The maximum absolute atomic E-state index is 10.3. The Morgan fingerprint density at radius 3 is 2.38 bits per heavy atom. The summed E-state index contributed by atoms with van der Waals surface area (Å²) in [6.07, 6.45) is 3.18. The predicted octanol–water partition coefficient (Wildman–Crippen LogP) is 3.99. The Morgan fingerprint density at radius 1 is 1.10 bits per heavy atom. The van der Waals surface area contributed by atoms with Crippen LogP contribution in [0.5, 0.6) is 0 Å². The summed E-state index contributed by atoms with van der Waals surface area (Å²) in [7, 11) is 0. The lowest BCUT2D eigenvalue weighted by atomic mass is 9.78. The zero-order chi connectivity index (χ0) is 14.8. The number of benzene rings is 2. The number of aryl methyl sites for hydroxylation is 1. The van der Waals surface area contributed by atoms with Crippen LogP contribution in [0.2, 0.25) is 0 Å². The fourth-order valence-electron chi connectivity index (χ4n) is 3.02. The van der Waals surface area contributed by atoms with Gasteiger partial charge in [-0.3, -0.25) is 0 Å². The molecule has 0 saturated heterocycles. The van der Waals surface area contributed by atoms with E-state index in [1.165, 1.54) is 6.42 Å². The third kappa shape index (κ3) is 2.87. The Labute approximate surface area is 126 Å². The first-order valence-electron chi connectivity index (χ1n) is 7.68. The first-order valence-corrected chi connectivity index (χ1v) is 7.68. The van der Waals surface area contributed by atoms with Crippen molar-refractivity contribution in [1.29, 1.82) is 0 Å². The van der Waals surface area contributed by atoms with E-state index in [4.69, 9.17) is 0 Å². The molecule has 0 aromatic heterocycles. The molecule has 1 unspecified atom stereocenters. The van der Waals surface area contributed by atoms with Crippen LogP contribution in [0.3, 0.4) is 0 Å². The average molecular weight is 282 g/mol. The van der Waals surface area contributed by atoms with Gasteiger partial charge in [0.25, 0.3) is 0 Å². The molecule has 0 spiro atoms. The molecule has 0 amide bonds. The summed E-state index contributed by atoms with van der Waals surface area (Å²) >= 11 is 0. The third-order valence-electron chi connectivity index (χ3n) is 4.59. The average Bonchev–Trinajstić information content (AvgIpc) is 2.45. The van der Waals surface area contributed by atoms with E-state index in [2.05, 4.69) is 12.1 Å². The van der Waals surface area contributed by atoms with Crippen LogP contribution >= 0.6 is 0 Å². The molecule has 0 radical (unpaired) electrons. The number of aliphatic hydroxyl groups is 2. The topological polar surface area (TPSA) is 40.5 Å². The molecule has 2 nitrogen and oxygen atoms in total. The van der Waals surface area contributed by atoms with E-state index in [1.54, 1.807) is 0 Å². The van der Waals surface area contributed by atoms with Gasteiger partial charge in [0.2, 0.25) is 0 Å². The summed E-state index contributed by atoms with van der Waals surface area (Å²) in [6, 6.07) is 14.2. The van der Waals surface area contributed by atoms with Crippen molar-refractivity contribution in [1.82, 2.24) is 0 Å². The highest BCUT2D eigenvalue weighted by molar-refractivity contribution is 5.68. The van der Waals surface area contributed by atoms with Gasteiger partial charge in [-0.2, -0.15) is 0 Å². The maximum Gasteiger partial charge on any atom is 0.0818 e. The van der Waals surface area contributed by atoms with Crippen molar-refractivity contribution in [3.8, 4) is 11.1 Å². The van der Waals surface area contributed by atoms with E-state index in [0.717, 1.165) is 40.7 Å². The molecule has 0 heterocycles. The normalized spacial score (nSPS) is 16.5. The number of hydrogen-bond acceptors (Lipinski definition) is 2. The van der Waals surface area contributed by atoms with E-state index in [9.17, 15) is 10.2 Å². The zero-order valence-electron chi connectivity index (χ0n) is 12.4. The molecular formula is C19H22O2. The van der Waals surface area contributed by atoms with Crippen molar-refractivity contribution < 1.29 is 10.2 Å². The Kier molecular flexibility index (Phi) is 4.09. The van der Waals surface area contributed by atoms with Gasteiger partial charge in [-0.15, -0.1) is 0 Å². The van der Waals surface area contributed by atoms with Gasteiger partial charge < -0.3 is 10.2 Å². The molecule has 3 rings (SSSR count). The minimum absolute atomic E-state index is 0.0451. The number of aliphatic hydroxyl groups excluding tert-OH is 2. The van der Waals surface area contributed by atoms with E-state index in [0.29, 0.717) is 5.92 Å². The van der Waals surface area contributed by atoms with Gasteiger partial charge >= 0.3 is 0 Å². The quantitative estimate of drug-likeness (QED) is 0.890. The molecule has 1 aliphatic carbocycles. The van der Waals surface area contributed by atoms with Crippen molar-refractivity contribution in [3.63, 3.8) is 0 Å². The van der Waals surface area contributed by atoms with Gasteiger partial charge in [-0.05, 0) is 47.9 Å². The monoisotopic (exact) mass is 282 g/mol. The number of rotatable bonds is 4. The van der Waals surface area contributed by atoms with Crippen LogP contribution in [-0.4, -0.2) is 10.2 Å². The molecule has 1 aliphatic rings. The summed E-state index contributed by atoms with van der Waals surface area (Å²) in [5.41, 5.74) is 5.25. The summed E-state index contributed by atoms with van der Waals surface area (Å²) in [5.74, 6) is 0.434. The fourth-order valence-corrected chi connectivity index (χ4v) is 3.02. The lowest BCUT2D eigenvalue weighted by Gasteiger charge is -2.30. The standard InChI is InChI=1S/C19H22O2/c1-13-5-10-18(17(11-13)12-20)14-6-8-16(9-7-14)19(21)15-3-2-4-15/h5-11,15,19-21H,2-4,12H2,1H3. The van der Waals surface area contributed by atoms with Crippen molar-refractivity contribution in [2.75, 3.05) is 0 Å². The maximum atomic E-state index is 10.3. The Bertz CT molecular complexity index is 612. The van der Waals surface area contributed by atoms with Crippen molar-refractivity contribution in [2.24, 2.45) is 5.92 Å². The summed E-state index contributed by atoms with van der Waals surface area (Å²) in [6.45, 7) is 2.07. The molecule has 2 heteroatoms. The highest BCUT2D eigenvalue weighted by Gasteiger charge is 2.26. The second kappa shape index (κ2) is 6.00. The van der Waals surface area contributed by atoms with Crippen molar-refractivity contribution >= 4 is 0 Å². The molecule has 1 fully saturated rings. The summed E-state index contributed by atoms with van der Waals surface area (Å²) in [5, 5.41) is 19.8. The Hall–Kier alpha value is -1.64. The highest BCUT2D eigenvalue weighted by atomic mass is 16.3. The predicted molar refractivity (Wildman–Crippen MR) is 84.8 cm³/mol. The first-order chi connectivity index (χ1) is 10.2. The van der Waals surface area contributed by atoms with Gasteiger partial charge in [0.1, 0.15) is 0 Å². The zero-order valence-corrected chi connectivity index (χ0v) is 12.4. The molecule has 110 valence electrons. The van der Waals surface area contributed by atoms with Crippen molar-refractivity contribution in [2.45, 2.75) is 38.9 Å². The van der Waals surface area contributed by atoms with Gasteiger partial charge in [0.05, 0.1) is 12.7 Å². The SMILES string of the molecule is Cc1ccc(-c2ccc(C(O)C3CCC3)cc2)c(CO)c1. The van der Waals surface area contributed by atoms with Gasteiger partial charge in [-0.25, -0.2) is 0 Å². The lowest BCUT2D eigenvalue weighted by molar-refractivity contribution is 0.0621. The largest absolute Gasteiger partial charge is 0.392 e. The second-order valence-corrected chi connectivity index (χ2v) is 6.08. The molecule has 0 bridgehead atoms. The van der Waals surface area contributed by atoms with Crippen LogP contribution in [0.25, 0.3) is 11.1 Å². The summed E-state index contributed by atoms with van der Waals surface area (Å²) < 4.78 is 0. The van der Waals surface area contributed by atoms with E-state index in [-0.39, 0.29) is 12.7 Å². The van der Waals surface area contributed by atoms with Gasteiger partial charge in [0, 0.05) is 0 Å². The van der Waals surface area contributed by atoms with Crippen LogP contribution in [0.1, 0.15) is 42.1 Å². The molecule has 2 N–H and O–H groups in total. The Morgan fingerprint density at radius 2 is 1.81 bits per heavy atom. The minimum Gasteiger partial charge on any atom is -0.392 e. The van der Waals surface area contributed by atoms with E-state index < -0.39 is 0 Å². The molecule has 2 aromatic carbocycles. The van der Waals surface area contributed by atoms with Crippen LogP contribution in [0.15, 0.2) is 42.5 Å². The molecule has 1 saturated carbocycles. The minimum atomic E-state index is -0.330.